The van der Waals surface area contributed by atoms with Crippen LogP contribution in [0.3, 0.4) is 0 Å². The predicted molar refractivity (Wildman–Crippen MR) is 52.9 cm³/mol. The van der Waals surface area contributed by atoms with E-state index < -0.39 is 0 Å². The molecule has 0 aliphatic carbocycles. The quantitative estimate of drug-likeness (QED) is 0.798. The molecule has 0 saturated heterocycles. The number of aryl methyl sites for hydroxylation is 1. The minimum Gasteiger partial charge on any atom is -0.323 e. The maximum absolute atomic E-state index is 12.9. The molecule has 0 bridgehead atoms. The van der Waals surface area contributed by atoms with Crippen LogP contribution in [-0.2, 0) is 6.42 Å². The summed E-state index contributed by atoms with van der Waals surface area (Å²) in [6.45, 7) is 1.98. The third kappa shape index (κ3) is 2.30. The van der Waals surface area contributed by atoms with E-state index in [1.165, 1.54) is 12.1 Å². The fourth-order valence-corrected chi connectivity index (χ4v) is 1.44. The van der Waals surface area contributed by atoms with Crippen LogP contribution in [0.1, 0.15) is 30.5 Å². The third-order valence-electron chi connectivity index (χ3n) is 2.20. The molecule has 1 unspecified atom stereocenters. The molecule has 0 radical (unpaired) electrons. The highest BCUT2D eigenvalue weighted by Crippen LogP contribution is 2.20. The molecule has 74 valence electrons. The number of halogens is 1. The molecule has 0 aliphatic heterocycles. The number of nitrogens with two attached hydrogens (primary N) is 1. The van der Waals surface area contributed by atoms with Crippen LogP contribution >= 0.6 is 0 Å². The second-order valence-corrected chi connectivity index (χ2v) is 3.17. The minimum atomic E-state index is -0.384. The van der Waals surface area contributed by atoms with Crippen LogP contribution in [0.2, 0.25) is 0 Å². The van der Waals surface area contributed by atoms with Crippen LogP contribution in [0.4, 0.5) is 4.39 Å². The SMILES string of the molecule is CCc1ccc(F)cc1C(N)CC#N. The Bertz CT molecular complexity index is 355. The Morgan fingerprint density at radius 2 is 2.29 bits per heavy atom. The van der Waals surface area contributed by atoms with Crippen LogP contribution in [-0.4, -0.2) is 0 Å². The van der Waals surface area contributed by atoms with Gasteiger partial charge < -0.3 is 5.73 Å². The average molecular weight is 192 g/mol. The maximum atomic E-state index is 12.9. The lowest BCUT2D eigenvalue weighted by molar-refractivity contribution is 0.618. The molecule has 2 N–H and O–H groups in total. The lowest BCUT2D eigenvalue weighted by Gasteiger charge is -2.12. The van der Waals surface area contributed by atoms with Crippen molar-refractivity contribution in [2.45, 2.75) is 25.8 Å². The van der Waals surface area contributed by atoms with E-state index in [4.69, 9.17) is 11.0 Å². The maximum Gasteiger partial charge on any atom is 0.123 e. The van der Waals surface area contributed by atoms with Crippen molar-refractivity contribution < 1.29 is 4.39 Å². The number of rotatable bonds is 3. The topological polar surface area (TPSA) is 49.8 Å². The highest BCUT2D eigenvalue weighted by molar-refractivity contribution is 5.31. The van der Waals surface area contributed by atoms with Crippen molar-refractivity contribution in [3.05, 3.63) is 35.1 Å². The van der Waals surface area contributed by atoms with Crippen molar-refractivity contribution in [2.75, 3.05) is 0 Å². The van der Waals surface area contributed by atoms with Gasteiger partial charge in [0.1, 0.15) is 5.82 Å². The zero-order valence-electron chi connectivity index (χ0n) is 8.13. The second-order valence-electron chi connectivity index (χ2n) is 3.17. The smallest absolute Gasteiger partial charge is 0.123 e. The monoisotopic (exact) mass is 192 g/mol. The van der Waals surface area contributed by atoms with Gasteiger partial charge in [-0.05, 0) is 29.7 Å². The lowest BCUT2D eigenvalue weighted by Crippen LogP contribution is -2.12. The summed E-state index contributed by atoms with van der Waals surface area (Å²) < 4.78 is 12.9. The highest BCUT2D eigenvalue weighted by Gasteiger charge is 2.10. The van der Waals surface area contributed by atoms with Crippen molar-refractivity contribution in [2.24, 2.45) is 5.73 Å². The summed E-state index contributed by atoms with van der Waals surface area (Å²) in [6, 6.07) is 6.17. The minimum absolute atomic E-state index is 0.219. The highest BCUT2D eigenvalue weighted by atomic mass is 19.1. The summed E-state index contributed by atoms with van der Waals surface area (Å²) in [5, 5.41) is 8.51. The van der Waals surface area contributed by atoms with Crippen LogP contribution < -0.4 is 5.73 Å². The van der Waals surface area contributed by atoms with Crippen LogP contribution in [0, 0.1) is 17.1 Å². The van der Waals surface area contributed by atoms with E-state index in [1.54, 1.807) is 6.07 Å². The Morgan fingerprint density at radius 3 is 2.86 bits per heavy atom. The second kappa shape index (κ2) is 4.73. The van der Waals surface area contributed by atoms with E-state index in [2.05, 4.69) is 0 Å². The van der Waals surface area contributed by atoms with Gasteiger partial charge in [0.05, 0.1) is 12.5 Å². The molecule has 1 aromatic carbocycles. The first-order valence-corrected chi connectivity index (χ1v) is 4.60. The van der Waals surface area contributed by atoms with E-state index in [9.17, 15) is 4.39 Å². The molecule has 2 nitrogen and oxygen atoms in total. The molecular weight excluding hydrogens is 179 g/mol. The molecule has 1 rings (SSSR count). The number of benzene rings is 1. The zero-order valence-corrected chi connectivity index (χ0v) is 8.13. The van der Waals surface area contributed by atoms with Gasteiger partial charge in [0, 0.05) is 6.04 Å². The summed E-state index contributed by atoms with van der Waals surface area (Å²) in [4.78, 5) is 0. The molecule has 0 spiro atoms. The fraction of sp³-hybridized carbons (Fsp3) is 0.364. The Hall–Kier alpha value is -1.40. The number of hydrogen-bond donors (Lipinski definition) is 1. The van der Waals surface area contributed by atoms with Gasteiger partial charge in [0.25, 0.3) is 0 Å². The van der Waals surface area contributed by atoms with Gasteiger partial charge in [-0.25, -0.2) is 4.39 Å². The van der Waals surface area contributed by atoms with Crippen LogP contribution in [0.5, 0.6) is 0 Å². The molecular formula is C11H13FN2. The summed E-state index contributed by atoms with van der Waals surface area (Å²) in [5.41, 5.74) is 7.51. The van der Waals surface area contributed by atoms with Gasteiger partial charge in [-0.15, -0.1) is 0 Å². The lowest BCUT2D eigenvalue weighted by atomic mass is 9.97. The Labute approximate surface area is 83.2 Å². The summed E-state index contributed by atoms with van der Waals surface area (Å²) in [5.74, 6) is -0.300. The van der Waals surface area contributed by atoms with Gasteiger partial charge in [-0.1, -0.05) is 13.0 Å². The third-order valence-corrected chi connectivity index (χ3v) is 2.20. The van der Waals surface area contributed by atoms with Crippen molar-refractivity contribution in [1.82, 2.24) is 0 Å². The summed E-state index contributed by atoms with van der Waals surface area (Å²) in [6.07, 6.45) is 1.02. The standard InChI is InChI=1S/C11H13FN2/c1-2-8-3-4-9(12)7-10(8)11(14)5-6-13/h3-4,7,11H,2,5,14H2,1H3. The molecule has 1 aromatic rings. The Balaban J connectivity index is 3.04. The van der Waals surface area contributed by atoms with E-state index in [-0.39, 0.29) is 18.3 Å². The molecule has 1 atom stereocenters. The van der Waals surface area contributed by atoms with E-state index in [0.717, 1.165) is 17.5 Å². The summed E-state index contributed by atoms with van der Waals surface area (Å²) in [7, 11) is 0. The number of hydrogen-bond acceptors (Lipinski definition) is 2. The first-order valence-electron chi connectivity index (χ1n) is 4.60. The van der Waals surface area contributed by atoms with Crippen molar-refractivity contribution in [3.8, 4) is 6.07 Å². The molecule has 0 heterocycles. The largest absolute Gasteiger partial charge is 0.323 e. The zero-order chi connectivity index (χ0) is 10.6. The van der Waals surface area contributed by atoms with Crippen molar-refractivity contribution in [3.63, 3.8) is 0 Å². The first-order chi connectivity index (χ1) is 6.69. The van der Waals surface area contributed by atoms with E-state index in [0.29, 0.717) is 0 Å². The molecule has 0 amide bonds. The van der Waals surface area contributed by atoms with Gasteiger partial charge in [0.2, 0.25) is 0 Å². The van der Waals surface area contributed by atoms with Gasteiger partial charge >= 0.3 is 0 Å². The molecule has 0 aliphatic rings. The van der Waals surface area contributed by atoms with E-state index >= 15 is 0 Å². The van der Waals surface area contributed by atoms with E-state index in [1.807, 2.05) is 13.0 Å². The number of nitrogens with zero attached hydrogens (tertiary/aromatic N) is 1. The molecule has 0 fully saturated rings. The normalized spacial score (nSPS) is 12.1. The Kier molecular flexibility index (Phi) is 3.61. The average Bonchev–Trinajstić information content (AvgIpc) is 2.18. The molecule has 3 heteroatoms. The van der Waals surface area contributed by atoms with Gasteiger partial charge in [0.15, 0.2) is 0 Å². The van der Waals surface area contributed by atoms with Crippen LogP contribution in [0.15, 0.2) is 18.2 Å². The first kappa shape index (κ1) is 10.7. The van der Waals surface area contributed by atoms with Gasteiger partial charge in [-0.3, -0.25) is 0 Å². The van der Waals surface area contributed by atoms with Crippen molar-refractivity contribution >= 4 is 0 Å². The number of nitriles is 1. The molecule has 14 heavy (non-hydrogen) atoms. The molecule has 0 aromatic heterocycles. The molecule has 0 saturated carbocycles. The predicted octanol–water partition coefficient (Wildman–Crippen LogP) is 2.30. The fourth-order valence-electron chi connectivity index (χ4n) is 1.44. The Morgan fingerprint density at radius 1 is 1.57 bits per heavy atom. The van der Waals surface area contributed by atoms with Gasteiger partial charge in [-0.2, -0.15) is 5.26 Å². The van der Waals surface area contributed by atoms with Crippen molar-refractivity contribution in [1.29, 1.82) is 5.26 Å². The summed E-state index contributed by atoms with van der Waals surface area (Å²) >= 11 is 0. The van der Waals surface area contributed by atoms with Crippen LogP contribution in [0.25, 0.3) is 0 Å².